The molecule has 2 aromatic heterocycles. The molecule has 2 N–H and O–H groups in total. The van der Waals surface area contributed by atoms with Crippen molar-refractivity contribution < 1.29 is 38.5 Å². The van der Waals surface area contributed by atoms with Crippen LogP contribution in [0.2, 0.25) is 0 Å². The molecule has 0 fully saturated rings. The topological polar surface area (TPSA) is 147 Å². The Kier molecular flexibility index (Phi) is 10.5. The predicted octanol–water partition coefficient (Wildman–Crippen LogP) is 7.00. The van der Waals surface area contributed by atoms with Crippen LogP contribution in [0.25, 0.3) is 27.3 Å². The first-order valence-electron chi connectivity index (χ1n) is 15.0. The number of carbonyl (C=O) groups excluding carboxylic acids is 2. The van der Waals surface area contributed by atoms with Crippen molar-refractivity contribution in [1.82, 2.24) is 9.88 Å². The number of rotatable bonds is 14. The van der Waals surface area contributed by atoms with Crippen LogP contribution in [-0.2, 0) is 25.7 Å². The number of hydrogen-bond donors (Lipinski definition) is 2. The molecular weight excluding hydrogens is 620 g/mol. The van der Waals surface area contributed by atoms with Crippen molar-refractivity contribution in [3.8, 4) is 0 Å². The van der Waals surface area contributed by atoms with E-state index in [2.05, 4.69) is 4.98 Å². The number of carboxylic acid groups (broad SMARTS) is 2. The first-order chi connectivity index (χ1) is 22.6. The number of aliphatic carboxylic acids is 2. The average molecular weight is 655 g/mol. The molecule has 5 rings (SSSR count). The maximum Gasteiger partial charge on any atom is 0.337 e. The maximum absolute atomic E-state index is 14.0. The molecule has 1 amide bonds. The van der Waals surface area contributed by atoms with Crippen molar-refractivity contribution in [1.29, 1.82) is 0 Å². The molecule has 0 aliphatic rings. The molecule has 3 atom stereocenters. The first-order valence-corrected chi connectivity index (χ1v) is 15.9. The zero-order valence-electron chi connectivity index (χ0n) is 25.9. The molecule has 2 heterocycles. The lowest BCUT2D eigenvalue weighted by Gasteiger charge is -2.36. The minimum absolute atomic E-state index is 0.177. The van der Waals surface area contributed by atoms with Gasteiger partial charge in [0.1, 0.15) is 5.52 Å². The van der Waals surface area contributed by atoms with Crippen molar-refractivity contribution in [2.75, 3.05) is 7.11 Å². The molecule has 0 radical (unpaired) electrons. The van der Waals surface area contributed by atoms with Crippen LogP contribution in [0, 0.1) is 5.92 Å². The van der Waals surface area contributed by atoms with Crippen molar-refractivity contribution in [3.05, 3.63) is 107 Å². The molecule has 2 unspecified atom stereocenters. The highest BCUT2D eigenvalue weighted by atomic mass is 32.1. The van der Waals surface area contributed by atoms with E-state index in [1.54, 1.807) is 34.4 Å². The van der Waals surface area contributed by atoms with Gasteiger partial charge in [0.05, 0.1) is 25.0 Å². The van der Waals surface area contributed by atoms with Gasteiger partial charge in [-0.15, -0.1) is 11.3 Å². The van der Waals surface area contributed by atoms with Crippen molar-refractivity contribution in [3.63, 3.8) is 0 Å². The number of allylic oxidation sites excluding steroid dienone is 1. The zero-order valence-corrected chi connectivity index (χ0v) is 26.7. The Morgan fingerprint density at radius 2 is 1.77 bits per heavy atom. The van der Waals surface area contributed by atoms with Crippen LogP contribution >= 0.6 is 11.3 Å². The Morgan fingerprint density at radius 1 is 1.00 bits per heavy atom. The monoisotopic (exact) mass is 654 g/mol. The Bertz CT molecular complexity index is 1890. The Balaban J connectivity index is 1.50. The maximum atomic E-state index is 14.0. The molecule has 0 aliphatic heterocycles. The number of esters is 1. The highest BCUT2D eigenvalue weighted by molar-refractivity contribution is 7.17. The van der Waals surface area contributed by atoms with Gasteiger partial charge in [-0.1, -0.05) is 36.4 Å². The number of fused-ring (bicyclic) bond motifs is 2. The fourth-order valence-corrected chi connectivity index (χ4v) is 6.42. The minimum Gasteiger partial charge on any atom is -0.481 e. The molecule has 242 valence electrons. The standard InChI is InChI=1S/C36H34N2O8S/c1-22(38(33(39)19-27(35(42)43)20-34(40)41)21-23-10-15-31-26(18-23)16-17-47-31)28(24-11-13-25(14-12-24)36(44)45-2)6-5-9-32-37-29-7-3-4-8-30(29)46-32/h3-5,7-18,22,27-28H,6,19-21H2,1-2H3,(H,40,41)(H,42,43)/t22?,27-,28?/m1/s1. The van der Waals surface area contributed by atoms with E-state index < -0.39 is 48.6 Å². The Morgan fingerprint density at radius 3 is 2.47 bits per heavy atom. The molecular formula is C36H34N2O8S. The normalized spacial score (nSPS) is 13.4. The van der Waals surface area contributed by atoms with Crippen LogP contribution < -0.4 is 0 Å². The number of aromatic nitrogens is 1. The zero-order chi connectivity index (χ0) is 33.5. The number of hydrogen-bond acceptors (Lipinski definition) is 8. The van der Waals surface area contributed by atoms with Gasteiger partial charge in [0.25, 0.3) is 0 Å². The largest absolute Gasteiger partial charge is 0.481 e. The summed E-state index contributed by atoms with van der Waals surface area (Å²) in [7, 11) is 1.31. The Hall–Kier alpha value is -5.29. The summed E-state index contributed by atoms with van der Waals surface area (Å²) in [5.41, 5.74) is 3.44. The van der Waals surface area contributed by atoms with Crippen LogP contribution in [0.3, 0.4) is 0 Å². The van der Waals surface area contributed by atoms with Gasteiger partial charge in [-0.25, -0.2) is 9.78 Å². The summed E-state index contributed by atoms with van der Waals surface area (Å²) >= 11 is 1.61. The van der Waals surface area contributed by atoms with Crippen molar-refractivity contribution >= 4 is 62.4 Å². The number of thiophene rings is 1. The molecule has 5 aromatic rings. The summed E-state index contributed by atoms with van der Waals surface area (Å²) in [6, 6.07) is 21.8. The summed E-state index contributed by atoms with van der Waals surface area (Å²) in [6.45, 7) is 2.07. The number of ether oxygens (including phenoxy) is 1. The quantitative estimate of drug-likeness (QED) is 0.121. The molecule has 0 saturated carbocycles. The molecule has 11 heteroatoms. The van der Waals surface area contributed by atoms with Crippen LogP contribution in [0.4, 0.5) is 0 Å². The highest BCUT2D eigenvalue weighted by Crippen LogP contribution is 2.32. The van der Waals surface area contributed by atoms with Crippen LogP contribution in [0.15, 0.2) is 88.7 Å². The SMILES string of the molecule is COC(=O)c1ccc(C(CC=Cc2nc3ccccc3o2)C(C)N(Cc2ccc3sccc3c2)C(=O)C[C@H](CC(=O)O)C(=O)O)cc1. The van der Waals surface area contributed by atoms with Gasteiger partial charge in [-0.2, -0.15) is 0 Å². The minimum atomic E-state index is -1.38. The van der Waals surface area contributed by atoms with Gasteiger partial charge in [0, 0.05) is 29.6 Å². The first kappa shape index (κ1) is 33.1. The fourth-order valence-electron chi connectivity index (χ4n) is 5.65. The Labute approximate surface area is 274 Å². The third-order valence-electron chi connectivity index (χ3n) is 8.18. The van der Waals surface area contributed by atoms with Crippen molar-refractivity contribution in [2.24, 2.45) is 5.92 Å². The number of carboxylic acids is 2. The molecule has 10 nitrogen and oxygen atoms in total. The second-order valence-corrected chi connectivity index (χ2v) is 12.2. The van der Waals surface area contributed by atoms with Crippen molar-refractivity contribution in [2.45, 2.75) is 44.7 Å². The number of carbonyl (C=O) groups is 4. The van der Waals surface area contributed by atoms with E-state index in [9.17, 15) is 29.4 Å². The third kappa shape index (κ3) is 8.11. The molecule has 0 bridgehead atoms. The predicted molar refractivity (Wildman–Crippen MR) is 178 cm³/mol. The van der Waals surface area contributed by atoms with Crippen LogP contribution in [0.5, 0.6) is 0 Å². The van der Waals surface area contributed by atoms with E-state index >= 15 is 0 Å². The van der Waals surface area contributed by atoms with E-state index in [-0.39, 0.29) is 12.5 Å². The van der Waals surface area contributed by atoms with E-state index in [0.29, 0.717) is 23.5 Å². The number of amides is 1. The second-order valence-electron chi connectivity index (χ2n) is 11.3. The summed E-state index contributed by atoms with van der Waals surface area (Å²) in [5, 5.41) is 22.1. The second kappa shape index (κ2) is 14.9. The number of benzene rings is 3. The van der Waals surface area contributed by atoms with Gasteiger partial charge in [-0.3, -0.25) is 14.4 Å². The number of oxazole rings is 1. The lowest BCUT2D eigenvalue weighted by Crippen LogP contribution is -2.43. The molecule has 3 aromatic carbocycles. The lowest BCUT2D eigenvalue weighted by molar-refractivity contribution is -0.151. The molecule has 47 heavy (non-hydrogen) atoms. The van der Waals surface area contributed by atoms with E-state index in [1.165, 1.54) is 7.11 Å². The number of nitrogens with zero attached hydrogens (tertiary/aromatic N) is 2. The van der Waals surface area contributed by atoms with Crippen LogP contribution in [-0.4, -0.2) is 57.1 Å². The molecule has 0 aliphatic carbocycles. The van der Waals surface area contributed by atoms with Gasteiger partial charge in [0.2, 0.25) is 11.8 Å². The summed E-state index contributed by atoms with van der Waals surface area (Å²) in [6.07, 6.45) is 2.97. The number of methoxy groups -OCH3 is 1. The van der Waals surface area contributed by atoms with E-state index in [1.807, 2.05) is 79.0 Å². The van der Waals surface area contributed by atoms with E-state index in [4.69, 9.17) is 9.15 Å². The van der Waals surface area contributed by atoms with Gasteiger partial charge in [0.15, 0.2) is 5.58 Å². The van der Waals surface area contributed by atoms with Gasteiger partial charge < -0.3 is 24.3 Å². The number of para-hydroxylation sites is 2. The smallest absolute Gasteiger partial charge is 0.337 e. The fraction of sp³-hybridized carbons (Fsp3) is 0.250. The lowest BCUT2D eigenvalue weighted by atomic mass is 9.87. The molecule has 0 saturated heterocycles. The van der Waals surface area contributed by atoms with Crippen LogP contribution in [0.1, 0.15) is 59.5 Å². The summed E-state index contributed by atoms with van der Waals surface area (Å²) < 4.78 is 11.8. The third-order valence-corrected chi connectivity index (χ3v) is 9.07. The summed E-state index contributed by atoms with van der Waals surface area (Å²) in [5.74, 6) is -4.87. The van der Waals surface area contributed by atoms with E-state index in [0.717, 1.165) is 26.7 Å². The van der Waals surface area contributed by atoms with Gasteiger partial charge in [-0.05, 0) is 83.8 Å². The van der Waals surface area contributed by atoms with Gasteiger partial charge >= 0.3 is 17.9 Å². The average Bonchev–Trinajstić information content (AvgIpc) is 3.71. The highest BCUT2D eigenvalue weighted by Gasteiger charge is 2.32. The molecule has 0 spiro atoms. The summed E-state index contributed by atoms with van der Waals surface area (Å²) in [4.78, 5) is 55.6.